The molecular weight excluding hydrogens is 521 g/mol. The number of benzene rings is 1. The number of carbonyl (C=O) groups excluding carboxylic acids is 2. The predicted molar refractivity (Wildman–Crippen MR) is 137 cm³/mol. The quantitative estimate of drug-likeness (QED) is 0.487. The van der Waals surface area contributed by atoms with Gasteiger partial charge in [0.2, 0.25) is 0 Å². The van der Waals surface area contributed by atoms with Crippen LogP contribution in [-0.2, 0) is 19.8 Å². The number of halogens is 3. The van der Waals surface area contributed by atoms with Crippen LogP contribution >= 0.6 is 11.8 Å². The number of nitrogens with one attached hydrogen (secondary N) is 1. The number of aromatic nitrogens is 2. The van der Waals surface area contributed by atoms with Gasteiger partial charge in [-0.3, -0.25) is 19.6 Å². The number of alkyl halides is 2. The van der Waals surface area contributed by atoms with Gasteiger partial charge in [0.15, 0.2) is 0 Å². The lowest BCUT2D eigenvalue weighted by Gasteiger charge is -2.47. The van der Waals surface area contributed by atoms with Gasteiger partial charge in [0, 0.05) is 29.0 Å². The highest BCUT2D eigenvalue weighted by molar-refractivity contribution is 8.14. The Labute approximate surface area is 222 Å². The van der Waals surface area contributed by atoms with Crippen LogP contribution in [0.25, 0.3) is 0 Å². The summed E-state index contributed by atoms with van der Waals surface area (Å²) >= 11 is 1.47. The fourth-order valence-corrected chi connectivity index (χ4v) is 6.06. The van der Waals surface area contributed by atoms with Crippen molar-refractivity contribution in [2.24, 2.45) is 10.9 Å². The smallest absolute Gasteiger partial charge is 0.312 e. The van der Waals surface area contributed by atoms with Crippen molar-refractivity contribution in [1.29, 1.82) is 0 Å². The highest BCUT2D eigenvalue weighted by Gasteiger charge is 2.50. The van der Waals surface area contributed by atoms with Gasteiger partial charge in [-0.05, 0) is 45.4 Å². The molecule has 0 bridgehead atoms. The molecule has 0 aliphatic carbocycles. The number of anilines is 1. The average molecular weight is 551 g/mol. The van der Waals surface area contributed by atoms with Gasteiger partial charge in [0.25, 0.3) is 12.3 Å². The maximum absolute atomic E-state index is 15.4. The van der Waals surface area contributed by atoms with Gasteiger partial charge in [-0.2, -0.15) is 0 Å². The third-order valence-corrected chi connectivity index (χ3v) is 7.46. The maximum Gasteiger partial charge on any atom is 0.312 e. The Bertz CT molecular complexity index is 1240. The number of hydrogen-bond acceptors (Lipinski definition) is 8. The summed E-state index contributed by atoms with van der Waals surface area (Å²) in [5.74, 6) is -1.73. The maximum atomic E-state index is 15.4. The van der Waals surface area contributed by atoms with Crippen molar-refractivity contribution >= 4 is 34.4 Å². The first-order valence-corrected chi connectivity index (χ1v) is 13.0. The van der Waals surface area contributed by atoms with Gasteiger partial charge in [0.05, 0.1) is 30.5 Å². The van der Waals surface area contributed by atoms with Crippen LogP contribution in [0.15, 0.2) is 35.6 Å². The summed E-state index contributed by atoms with van der Waals surface area (Å²) in [6.45, 7) is 7.97. The average Bonchev–Trinajstić information content (AvgIpc) is 2.84. The summed E-state index contributed by atoms with van der Waals surface area (Å²) in [5.41, 5.74) is -1.98. The van der Waals surface area contributed by atoms with Gasteiger partial charge in [-0.1, -0.05) is 6.92 Å². The Morgan fingerprint density at radius 2 is 2.03 bits per heavy atom. The van der Waals surface area contributed by atoms with E-state index in [1.165, 1.54) is 30.0 Å². The van der Waals surface area contributed by atoms with Crippen molar-refractivity contribution in [3.63, 3.8) is 0 Å². The molecule has 0 unspecified atom stereocenters. The topological polar surface area (TPSA) is 103 Å². The van der Waals surface area contributed by atoms with Crippen molar-refractivity contribution in [3.8, 4) is 0 Å². The number of esters is 1. The number of hydrogen-bond donors (Lipinski definition) is 1. The van der Waals surface area contributed by atoms with Gasteiger partial charge in [-0.25, -0.2) is 18.2 Å². The first-order valence-electron chi connectivity index (χ1n) is 12.1. The zero-order valence-electron chi connectivity index (χ0n) is 21.5. The SMILES string of the molecule is C[C@H]1SC(CC(=O)OC(C)(C)C)=N[C@@]2(c3cc(NC(=O)c4cnc(C(F)F)cn4)ccc3F)COCC[C@@H]12. The highest BCUT2D eigenvalue weighted by atomic mass is 32.2. The van der Waals surface area contributed by atoms with Crippen LogP contribution in [0.1, 0.15) is 68.7 Å². The molecule has 1 aromatic carbocycles. The molecule has 3 atom stereocenters. The van der Waals surface area contributed by atoms with Gasteiger partial charge >= 0.3 is 5.97 Å². The molecule has 4 rings (SSSR count). The molecule has 1 amide bonds. The molecule has 0 saturated carbocycles. The van der Waals surface area contributed by atoms with Crippen molar-refractivity contribution in [2.45, 2.75) is 63.4 Å². The molecule has 0 radical (unpaired) electrons. The molecule has 204 valence electrons. The molecule has 3 heterocycles. The Morgan fingerprint density at radius 3 is 2.68 bits per heavy atom. The monoisotopic (exact) mass is 550 g/mol. The molecule has 38 heavy (non-hydrogen) atoms. The number of thioether (sulfide) groups is 1. The zero-order valence-corrected chi connectivity index (χ0v) is 22.3. The number of carbonyl (C=O) groups is 2. The molecule has 1 saturated heterocycles. The van der Waals surface area contributed by atoms with E-state index in [1.54, 1.807) is 20.8 Å². The van der Waals surface area contributed by atoms with Crippen LogP contribution in [0.3, 0.4) is 0 Å². The largest absolute Gasteiger partial charge is 0.460 e. The molecule has 2 aliphatic heterocycles. The van der Waals surface area contributed by atoms with Crippen molar-refractivity contribution < 1.29 is 32.2 Å². The second-order valence-electron chi connectivity index (χ2n) is 10.2. The standard InChI is InChI=1S/C26H29F3N4O4S/c1-14-16-7-8-36-13-26(16,33-21(38-14)10-22(34)37-25(2,3)4)17-9-15(5-6-18(17)27)32-24(35)20-12-30-19(11-31-20)23(28)29/h5-6,9,11-12,14,16,23H,7-8,10,13H2,1-4H3,(H,32,35)/t14-,16+,26+/m1/s1. The summed E-state index contributed by atoms with van der Waals surface area (Å²) < 4.78 is 52.2. The van der Waals surface area contributed by atoms with Crippen LogP contribution < -0.4 is 5.32 Å². The Kier molecular flexibility index (Phi) is 8.12. The Balaban J connectivity index is 1.66. The molecule has 12 heteroatoms. The summed E-state index contributed by atoms with van der Waals surface area (Å²) in [5, 5.41) is 3.16. The van der Waals surface area contributed by atoms with E-state index in [1.807, 2.05) is 6.92 Å². The molecular formula is C26H29F3N4O4S. The molecule has 2 aliphatic rings. The van der Waals surface area contributed by atoms with E-state index >= 15 is 4.39 Å². The second kappa shape index (κ2) is 11.0. The normalized spacial score (nSPS) is 23.4. The molecule has 1 fully saturated rings. The van der Waals surface area contributed by atoms with E-state index in [2.05, 4.69) is 15.3 Å². The van der Waals surface area contributed by atoms with E-state index in [-0.39, 0.29) is 41.1 Å². The van der Waals surface area contributed by atoms with E-state index in [4.69, 9.17) is 14.5 Å². The molecule has 1 aromatic heterocycles. The number of rotatable bonds is 6. The van der Waals surface area contributed by atoms with Crippen molar-refractivity contribution in [3.05, 3.63) is 53.4 Å². The van der Waals surface area contributed by atoms with Crippen LogP contribution in [0, 0.1) is 11.7 Å². The predicted octanol–water partition coefficient (Wildman–Crippen LogP) is 5.30. The third kappa shape index (κ3) is 6.17. The van der Waals surface area contributed by atoms with E-state index in [0.29, 0.717) is 18.1 Å². The van der Waals surface area contributed by atoms with Crippen LogP contribution in [-0.4, -0.2) is 51.0 Å². The number of ether oxygens (including phenoxy) is 2. The van der Waals surface area contributed by atoms with E-state index in [9.17, 15) is 18.4 Å². The fourth-order valence-electron chi connectivity index (χ4n) is 4.69. The van der Waals surface area contributed by atoms with Crippen LogP contribution in [0.4, 0.5) is 18.9 Å². The lowest BCUT2D eigenvalue weighted by molar-refractivity contribution is -0.153. The van der Waals surface area contributed by atoms with Gasteiger partial charge in [0.1, 0.15) is 28.3 Å². The van der Waals surface area contributed by atoms with Crippen LogP contribution in [0.2, 0.25) is 0 Å². The summed E-state index contributed by atoms with van der Waals surface area (Å²) in [7, 11) is 0. The highest BCUT2D eigenvalue weighted by Crippen LogP contribution is 2.50. The van der Waals surface area contributed by atoms with E-state index < -0.39 is 41.0 Å². The lowest BCUT2D eigenvalue weighted by atomic mass is 9.74. The summed E-state index contributed by atoms with van der Waals surface area (Å²) in [6, 6.07) is 4.11. The summed E-state index contributed by atoms with van der Waals surface area (Å²) in [4.78, 5) is 37.4. The number of nitrogens with zero attached hydrogens (tertiary/aromatic N) is 3. The molecule has 1 N–H and O–H groups in total. The first kappa shape index (κ1) is 28.0. The van der Waals surface area contributed by atoms with Crippen molar-refractivity contribution in [2.75, 3.05) is 18.5 Å². The van der Waals surface area contributed by atoms with Gasteiger partial charge in [-0.15, -0.1) is 11.8 Å². The molecule has 0 spiro atoms. The van der Waals surface area contributed by atoms with Crippen molar-refractivity contribution in [1.82, 2.24) is 9.97 Å². The zero-order chi connectivity index (χ0) is 27.7. The lowest BCUT2D eigenvalue weighted by Crippen LogP contribution is -2.50. The minimum Gasteiger partial charge on any atom is -0.460 e. The van der Waals surface area contributed by atoms with E-state index in [0.717, 1.165) is 12.4 Å². The Hall–Kier alpha value is -2.99. The molecule has 2 aromatic rings. The number of aliphatic imine (C=N–C) groups is 1. The van der Waals surface area contributed by atoms with Crippen LogP contribution in [0.5, 0.6) is 0 Å². The van der Waals surface area contributed by atoms with Gasteiger partial charge < -0.3 is 14.8 Å². The number of fused-ring (bicyclic) bond motifs is 1. The first-order chi connectivity index (χ1) is 17.9. The fraction of sp³-hybridized carbons (Fsp3) is 0.500. The third-order valence-electron chi connectivity index (χ3n) is 6.26. The number of amides is 1. The summed E-state index contributed by atoms with van der Waals surface area (Å²) in [6.07, 6.45) is -0.425. The minimum absolute atomic E-state index is 0.00936. The molecule has 8 nitrogen and oxygen atoms in total. The minimum atomic E-state index is -2.80. The Morgan fingerprint density at radius 1 is 1.26 bits per heavy atom. The second-order valence-corrected chi connectivity index (χ2v) is 11.7.